The van der Waals surface area contributed by atoms with E-state index in [1.165, 1.54) is 18.5 Å². The lowest BCUT2D eigenvalue weighted by Gasteiger charge is -2.26. The maximum Gasteiger partial charge on any atom is 0.0711 e. The topological polar surface area (TPSA) is 24.9 Å². The van der Waals surface area contributed by atoms with Gasteiger partial charge in [0.1, 0.15) is 0 Å². The van der Waals surface area contributed by atoms with Crippen LogP contribution in [0.5, 0.6) is 0 Å². The first-order valence-electron chi connectivity index (χ1n) is 4.50. The van der Waals surface area contributed by atoms with Gasteiger partial charge in [-0.2, -0.15) is 4.37 Å². The standard InChI is InChI=1S/C9H14N2S/c1-7-2-4-10-9(6-7)8-3-5-12-11-8/h3,5,7,9-10H,2,4,6H2,1H3. The predicted molar refractivity (Wildman–Crippen MR) is 51.3 cm³/mol. The molecule has 2 heterocycles. The molecule has 1 aliphatic rings. The first-order chi connectivity index (χ1) is 5.86. The molecule has 0 aromatic carbocycles. The van der Waals surface area contributed by atoms with E-state index >= 15 is 0 Å². The molecule has 2 unspecified atom stereocenters. The van der Waals surface area contributed by atoms with Crippen LogP contribution in [0.25, 0.3) is 0 Å². The van der Waals surface area contributed by atoms with Gasteiger partial charge in [0.15, 0.2) is 0 Å². The van der Waals surface area contributed by atoms with Crippen molar-refractivity contribution in [3.05, 3.63) is 17.1 Å². The molecule has 1 aromatic rings. The second kappa shape index (κ2) is 3.54. The van der Waals surface area contributed by atoms with Gasteiger partial charge in [-0.1, -0.05) is 6.92 Å². The molecule has 12 heavy (non-hydrogen) atoms. The van der Waals surface area contributed by atoms with Gasteiger partial charge in [-0.05, 0) is 42.9 Å². The molecule has 2 atom stereocenters. The molecule has 1 aromatic heterocycles. The normalized spacial score (nSPS) is 30.4. The summed E-state index contributed by atoms with van der Waals surface area (Å²) in [6.07, 6.45) is 2.55. The van der Waals surface area contributed by atoms with E-state index in [1.54, 1.807) is 11.5 Å². The lowest BCUT2D eigenvalue weighted by molar-refractivity contribution is 0.322. The van der Waals surface area contributed by atoms with Crippen molar-refractivity contribution in [3.8, 4) is 0 Å². The van der Waals surface area contributed by atoms with E-state index in [1.807, 2.05) is 0 Å². The summed E-state index contributed by atoms with van der Waals surface area (Å²) in [4.78, 5) is 0. The third-order valence-corrected chi connectivity index (χ3v) is 3.05. The summed E-state index contributed by atoms with van der Waals surface area (Å²) >= 11 is 1.54. The van der Waals surface area contributed by atoms with Crippen molar-refractivity contribution >= 4 is 11.5 Å². The van der Waals surface area contributed by atoms with Gasteiger partial charge in [-0.15, -0.1) is 0 Å². The molecule has 3 heteroatoms. The van der Waals surface area contributed by atoms with Crippen molar-refractivity contribution in [1.82, 2.24) is 9.69 Å². The van der Waals surface area contributed by atoms with Crippen molar-refractivity contribution in [3.63, 3.8) is 0 Å². The Morgan fingerprint density at radius 1 is 1.67 bits per heavy atom. The van der Waals surface area contributed by atoms with Gasteiger partial charge in [0.05, 0.1) is 11.7 Å². The van der Waals surface area contributed by atoms with Crippen molar-refractivity contribution in [2.75, 3.05) is 6.54 Å². The van der Waals surface area contributed by atoms with Crippen LogP contribution < -0.4 is 5.32 Å². The first-order valence-corrected chi connectivity index (χ1v) is 5.33. The summed E-state index contributed by atoms with van der Waals surface area (Å²) < 4.78 is 4.35. The number of rotatable bonds is 1. The van der Waals surface area contributed by atoms with Crippen molar-refractivity contribution in [2.24, 2.45) is 5.92 Å². The number of hydrogen-bond donors (Lipinski definition) is 1. The SMILES string of the molecule is CC1CCNC(c2ccsn2)C1. The summed E-state index contributed by atoms with van der Waals surface area (Å²) in [6.45, 7) is 3.46. The minimum atomic E-state index is 0.514. The van der Waals surface area contributed by atoms with Crippen molar-refractivity contribution in [1.29, 1.82) is 0 Å². The van der Waals surface area contributed by atoms with E-state index in [-0.39, 0.29) is 0 Å². The number of hydrogen-bond acceptors (Lipinski definition) is 3. The van der Waals surface area contributed by atoms with E-state index < -0.39 is 0 Å². The Labute approximate surface area is 77.2 Å². The molecule has 66 valence electrons. The second-order valence-corrected chi connectivity index (χ2v) is 4.23. The highest BCUT2D eigenvalue weighted by Gasteiger charge is 2.20. The molecule has 0 bridgehead atoms. The number of aromatic nitrogens is 1. The fraction of sp³-hybridized carbons (Fsp3) is 0.667. The van der Waals surface area contributed by atoms with Crippen LogP contribution in [-0.2, 0) is 0 Å². The number of nitrogens with zero attached hydrogens (tertiary/aromatic N) is 1. The summed E-state index contributed by atoms with van der Waals surface area (Å²) in [6, 6.07) is 2.64. The summed E-state index contributed by atoms with van der Waals surface area (Å²) in [7, 11) is 0. The number of piperidine rings is 1. The highest BCUT2D eigenvalue weighted by molar-refractivity contribution is 7.03. The fourth-order valence-corrected chi connectivity index (χ4v) is 2.31. The Hall–Kier alpha value is -0.410. The molecular weight excluding hydrogens is 168 g/mol. The van der Waals surface area contributed by atoms with Gasteiger partial charge in [0.2, 0.25) is 0 Å². The lowest BCUT2D eigenvalue weighted by Crippen LogP contribution is -2.30. The Bertz CT molecular complexity index is 233. The summed E-state index contributed by atoms with van der Waals surface area (Å²) in [5.74, 6) is 0.845. The van der Waals surface area contributed by atoms with Crippen LogP contribution in [0.1, 0.15) is 31.5 Å². The molecule has 2 rings (SSSR count). The largest absolute Gasteiger partial charge is 0.309 e. The van der Waals surface area contributed by atoms with Crippen molar-refractivity contribution < 1.29 is 0 Å². The zero-order valence-corrected chi connectivity index (χ0v) is 8.10. The highest BCUT2D eigenvalue weighted by atomic mass is 32.1. The van der Waals surface area contributed by atoms with Gasteiger partial charge >= 0.3 is 0 Å². The van der Waals surface area contributed by atoms with Crippen molar-refractivity contribution in [2.45, 2.75) is 25.8 Å². The van der Waals surface area contributed by atoms with Crippen LogP contribution >= 0.6 is 11.5 Å². The van der Waals surface area contributed by atoms with Crippen LogP contribution in [0, 0.1) is 5.92 Å². The van der Waals surface area contributed by atoms with Gasteiger partial charge < -0.3 is 5.32 Å². The average molecular weight is 182 g/mol. The average Bonchev–Trinajstić information content (AvgIpc) is 2.56. The minimum absolute atomic E-state index is 0.514. The second-order valence-electron chi connectivity index (χ2n) is 3.56. The molecule has 0 saturated carbocycles. The van der Waals surface area contributed by atoms with Gasteiger partial charge in [-0.25, -0.2) is 0 Å². The lowest BCUT2D eigenvalue weighted by atomic mass is 9.93. The Morgan fingerprint density at radius 2 is 2.58 bits per heavy atom. The third-order valence-electron chi connectivity index (χ3n) is 2.48. The van der Waals surface area contributed by atoms with E-state index in [0.29, 0.717) is 6.04 Å². The monoisotopic (exact) mass is 182 g/mol. The fourth-order valence-electron chi connectivity index (χ4n) is 1.73. The third kappa shape index (κ3) is 1.67. The molecule has 1 aliphatic heterocycles. The molecular formula is C9H14N2S. The zero-order chi connectivity index (χ0) is 8.39. The van der Waals surface area contributed by atoms with Gasteiger partial charge in [-0.3, -0.25) is 0 Å². The van der Waals surface area contributed by atoms with Crippen LogP contribution in [-0.4, -0.2) is 10.9 Å². The molecule has 2 nitrogen and oxygen atoms in total. The Kier molecular flexibility index (Phi) is 2.42. The quantitative estimate of drug-likeness (QED) is 0.720. The Morgan fingerprint density at radius 3 is 3.25 bits per heavy atom. The van der Waals surface area contributed by atoms with E-state index in [9.17, 15) is 0 Å². The highest BCUT2D eigenvalue weighted by Crippen LogP contribution is 2.25. The molecule has 1 saturated heterocycles. The molecule has 0 spiro atoms. The molecule has 1 N–H and O–H groups in total. The van der Waals surface area contributed by atoms with Crippen LogP contribution in [0.3, 0.4) is 0 Å². The minimum Gasteiger partial charge on any atom is -0.309 e. The molecule has 0 amide bonds. The van der Waals surface area contributed by atoms with Crippen LogP contribution in [0.15, 0.2) is 11.4 Å². The van der Waals surface area contributed by atoms with E-state index in [0.717, 1.165) is 12.5 Å². The number of nitrogens with one attached hydrogen (secondary N) is 1. The van der Waals surface area contributed by atoms with E-state index in [2.05, 4.69) is 28.1 Å². The predicted octanol–water partition coefficient (Wildman–Crippen LogP) is 2.20. The maximum atomic E-state index is 4.35. The van der Waals surface area contributed by atoms with Crippen LogP contribution in [0.2, 0.25) is 0 Å². The smallest absolute Gasteiger partial charge is 0.0711 e. The molecule has 0 aliphatic carbocycles. The van der Waals surface area contributed by atoms with Gasteiger partial charge in [0.25, 0.3) is 0 Å². The molecule has 1 fully saturated rings. The van der Waals surface area contributed by atoms with Crippen LogP contribution in [0.4, 0.5) is 0 Å². The maximum absolute atomic E-state index is 4.35. The molecule has 0 radical (unpaired) electrons. The zero-order valence-electron chi connectivity index (χ0n) is 7.29. The summed E-state index contributed by atoms with van der Waals surface area (Å²) in [5.41, 5.74) is 1.23. The van der Waals surface area contributed by atoms with E-state index in [4.69, 9.17) is 0 Å². The Balaban J connectivity index is 2.04. The summed E-state index contributed by atoms with van der Waals surface area (Å²) in [5, 5.41) is 5.55. The van der Waals surface area contributed by atoms with Gasteiger partial charge in [0, 0.05) is 5.38 Å². The first kappa shape index (κ1) is 8.20.